The Balaban J connectivity index is 1.33. The predicted octanol–water partition coefficient (Wildman–Crippen LogP) is 4.84. The first-order valence-corrected chi connectivity index (χ1v) is 11.9. The Kier molecular flexibility index (Phi) is 5.67. The van der Waals surface area contributed by atoms with Crippen molar-refractivity contribution in [2.45, 2.75) is 6.61 Å². The first-order valence-electron chi connectivity index (χ1n) is 10.3. The number of rotatable bonds is 9. The Bertz CT molecular complexity index is 1210. The van der Waals surface area contributed by atoms with Gasteiger partial charge in [0.15, 0.2) is 0 Å². The second-order valence-corrected chi connectivity index (χ2v) is 10.1. The third-order valence-electron chi connectivity index (χ3n) is 5.29. The van der Waals surface area contributed by atoms with E-state index in [1.165, 1.54) is 18.2 Å². The zero-order chi connectivity index (χ0) is 23.0. The third-order valence-corrected chi connectivity index (χ3v) is 7.98. The van der Waals surface area contributed by atoms with Crippen molar-refractivity contribution in [1.82, 2.24) is 14.3 Å². The quantitative estimate of drug-likeness (QED) is 0.190. The monoisotopic (exact) mass is 470 g/mol. The lowest BCUT2D eigenvalue weighted by atomic mass is 10.1. The molecule has 5 rings (SSSR count). The molecule has 0 atom stereocenters. The van der Waals surface area contributed by atoms with Crippen LogP contribution in [-0.2, 0) is 15.7 Å². The first-order chi connectivity index (χ1) is 15.9. The van der Waals surface area contributed by atoms with Gasteiger partial charge in [-0.2, -0.15) is 0 Å². The average Bonchev–Trinajstić information content (AvgIpc) is 3.71. The average molecular weight is 470 g/mol. The van der Waals surface area contributed by atoms with Crippen molar-refractivity contribution in [3.05, 3.63) is 82.3 Å². The number of ether oxygens (including phenoxy) is 1. The largest absolute Gasteiger partial charge is 0.450 e. The molecule has 0 bridgehead atoms. The van der Waals surface area contributed by atoms with Crippen LogP contribution in [0.1, 0.15) is 5.56 Å². The molecule has 11 heteroatoms. The molecule has 0 saturated carbocycles. The van der Waals surface area contributed by atoms with E-state index < -0.39 is 18.4 Å². The van der Waals surface area contributed by atoms with Gasteiger partial charge in [-0.3, -0.25) is 19.7 Å². The van der Waals surface area contributed by atoms with E-state index in [1.54, 1.807) is 45.7 Å². The molecule has 170 valence electrons. The maximum Gasteiger partial charge on any atom is 0.346 e. The molecule has 0 unspecified atom stereocenters. The molecule has 3 aromatic rings. The van der Waals surface area contributed by atoms with Gasteiger partial charge in [-0.1, -0.05) is 0 Å². The number of nitro benzene ring substituents is 1. The normalized spacial score (nSPS) is 15.9. The highest BCUT2D eigenvalue weighted by molar-refractivity contribution is 7.54. The summed E-state index contributed by atoms with van der Waals surface area (Å²) in [5, 5.41) is 11.5. The fourth-order valence-electron chi connectivity index (χ4n) is 3.34. The molecule has 0 amide bonds. The molecular formula is C22H20FN4O5P. The summed E-state index contributed by atoms with van der Waals surface area (Å²) in [6.07, 6.45) is 1.13. The highest BCUT2D eigenvalue weighted by atomic mass is 31.2. The summed E-state index contributed by atoms with van der Waals surface area (Å²) in [5.74, 6) is 0.0257. The number of pyridine rings is 1. The summed E-state index contributed by atoms with van der Waals surface area (Å²) in [5.41, 5.74) is 1.77. The minimum atomic E-state index is -2.99. The van der Waals surface area contributed by atoms with Crippen molar-refractivity contribution in [2.75, 3.05) is 26.2 Å². The molecule has 2 saturated heterocycles. The fourth-order valence-corrected chi connectivity index (χ4v) is 5.54. The molecule has 0 radical (unpaired) electrons. The Labute approximate surface area is 189 Å². The standard InChI is InChI=1S/C22H20FN4O5P/c23-18-4-7-20(24-14-18)17-2-5-19(6-3-17)32-22-13-16(1-8-21(22)27(28)29)15-31-33(30,25-9-10-25)26-11-12-26/h1-8,13-14H,9-12,15H2. The van der Waals surface area contributed by atoms with Crippen molar-refractivity contribution >= 4 is 13.4 Å². The van der Waals surface area contributed by atoms with E-state index >= 15 is 0 Å². The lowest BCUT2D eigenvalue weighted by molar-refractivity contribution is -0.385. The van der Waals surface area contributed by atoms with Gasteiger partial charge in [-0.25, -0.2) is 13.7 Å². The van der Waals surface area contributed by atoms with Gasteiger partial charge in [0.05, 0.1) is 23.4 Å². The fraction of sp³-hybridized carbons (Fsp3) is 0.227. The Hall–Kier alpha value is -3.17. The first kappa shape index (κ1) is 21.7. The van der Waals surface area contributed by atoms with Gasteiger partial charge in [-0.05, 0) is 54.1 Å². The summed E-state index contributed by atoms with van der Waals surface area (Å²) in [6, 6.07) is 14.1. The molecule has 33 heavy (non-hydrogen) atoms. The summed E-state index contributed by atoms with van der Waals surface area (Å²) >= 11 is 0. The molecular weight excluding hydrogens is 450 g/mol. The topological polar surface area (TPSA) is 97.6 Å². The summed E-state index contributed by atoms with van der Waals surface area (Å²) in [6.45, 7) is 3.02. The molecule has 2 fully saturated rings. The van der Waals surface area contributed by atoms with Crippen molar-refractivity contribution in [2.24, 2.45) is 0 Å². The number of benzene rings is 2. The Morgan fingerprint density at radius 2 is 1.73 bits per heavy atom. The van der Waals surface area contributed by atoms with Gasteiger partial charge in [-0.15, -0.1) is 0 Å². The van der Waals surface area contributed by atoms with Crippen LogP contribution < -0.4 is 4.74 Å². The Morgan fingerprint density at radius 3 is 2.30 bits per heavy atom. The molecule has 2 aromatic carbocycles. The van der Waals surface area contributed by atoms with E-state index in [9.17, 15) is 19.1 Å². The lowest BCUT2D eigenvalue weighted by Gasteiger charge is -2.19. The van der Waals surface area contributed by atoms with Gasteiger partial charge in [0.2, 0.25) is 5.75 Å². The van der Waals surface area contributed by atoms with Crippen LogP contribution in [0.5, 0.6) is 11.5 Å². The van der Waals surface area contributed by atoms with E-state index in [4.69, 9.17) is 9.26 Å². The van der Waals surface area contributed by atoms with Crippen LogP contribution >= 0.6 is 7.67 Å². The lowest BCUT2D eigenvalue weighted by Crippen LogP contribution is -2.08. The van der Waals surface area contributed by atoms with Crippen LogP contribution in [-0.4, -0.2) is 45.4 Å². The van der Waals surface area contributed by atoms with E-state index in [-0.39, 0.29) is 18.0 Å². The van der Waals surface area contributed by atoms with Crippen molar-refractivity contribution < 1.29 is 23.1 Å². The Morgan fingerprint density at radius 1 is 1.03 bits per heavy atom. The third kappa shape index (κ3) is 4.79. The van der Waals surface area contributed by atoms with Crippen LogP contribution in [0.2, 0.25) is 0 Å². The van der Waals surface area contributed by atoms with Crippen molar-refractivity contribution in [3.63, 3.8) is 0 Å². The predicted molar refractivity (Wildman–Crippen MR) is 118 cm³/mol. The molecule has 3 heterocycles. The summed E-state index contributed by atoms with van der Waals surface area (Å²) < 4.78 is 41.4. The van der Waals surface area contributed by atoms with Crippen LogP contribution in [0, 0.1) is 15.9 Å². The van der Waals surface area contributed by atoms with Gasteiger partial charge in [0.25, 0.3) is 0 Å². The van der Waals surface area contributed by atoms with Crippen molar-refractivity contribution in [3.8, 4) is 22.8 Å². The number of aromatic nitrogens is 1. The van der Waals surface area contributed by atoms with Gasteiger partial charge in [0.1, 0.15) is 11.6 Å². The number of hydrogen-bond acceptors (Lipinski definition) is 6. The number of hydrogen-bond donors (Lipinski definition) is 0. The maximum absolute atomic E-state index is 13.1. The zero-order valence-corrected chi connectivity index (χ0v) is 18.4. The van der Waals surface area contributed by atoms with Crippen LogP contribution in [0.15, 0.2) is 60.8 Å². The number of nitrogens with zero attached hydrogens (tertiary/aromatic N) is 4. The van der Waals surface area contributed by atoms with Crippen LogP contribution in [0.25, 0.3) is 11.3 Å². The second-order valence-electron chi connectivity index (χ2n) is 7.72. The van der Waals surface area contributed by atoms with Crippen molar-refractivity contribution in [1.29, 1.82) is 0 Å². The number of halogens is 1. The molecule has 1 aromatic heterocycles. The minimum absolute atomic E-state index is 0.0494. The molecule has 2 aliphatic rings. The summed E-state index contributed by atoms with van der Waals surface area (Å²) in [4.78, 5) is 15.0. The van der Waals surface area contributed by atoms with Gasteiger partial charge >= 0.3 is 13.4 Å². The molecule has 9 nitrogen and oxygen atoms in total. The summed E-state index contributed by atoms with van der Waals surface area (Å²) in [7, 11) is -2.99. The molecule has 2 aliphatic heterocycles. The van der Waals surface area contributed by atoms with Crippen LogP contribution in [0.3, 0.4) is 0 Å². The van der Waals surface area contributed by atoms with Gasteiger partial charge < -0.3 is 9.26 Å². The van der Waals surface area contributed by atoms with E-state index in [1.807, 2.05) is 0 Å². The molecule has 0 N–H and O–H groups in total. The second kappa shape index (κ2) is 8.64. The van der Waals surface area contributed by atoms with Crippen LogP contribution in [0.4, 0.5) is 10.1 Å². The minimum Gasteiger partial charge on any atom is -0.450 e. The highest BCUT2D eigenvalue weighted by Gasteiger charge is 2.49. The number of nitro groups is 1. The van der Waals surface area contributed by atoms with Gasteiger partial charge in [0, 0.05) is 37.8 Å². The smallest absolute Gasteiger partial charge is 0.346 e. The molecule has 0 aliphatic carbocycles. The van der Waals surface area contributed by atoms with E-state index in [0.29, 0.717) is 17.0 Å². The SMILES string of the molecule is O=[N+]([O-])c1ccc(COP(=O)(N2CC2)N2CC2)cc1Oc1ccc(-c2ccc(F)cn2)cc1. The van der Waals surface area contributed by atoms with E-state index in [0.717, 1.165) is 37.9 Å². The maximum atomic E-state index is 13.1. The van der Waals surface area contributed by atoms with E-state index in [2.05, 4.69) is 4.98 Å². The molecule has 0 spiro atoms. The zero-order valence-electron chi connectivity index (χ0n) is 17.5. The highest BCUT2D eigenvalue weighted by Crippen LogP contribution is 2.61.